The second-order valence-corrected chi connectivity index (χ2v) is 2.16. The average Bonchev–Trinajstić information content (AvgIpc) is 2.08. The number of allylic oxidation sites excluding steroid dienone is 3. The monoisotopic (exact) mass is 186 g/mol. The lowest BCUT2D eigenvalue weighted by Gasteiger charge is -2.16. The van der Waals surface area contributed by atoms with Gasteiger partial charge in [-0.3, -0.25) is 0 Å². The summed E-state index contributed by atoms with van der Waals surface area (Å²) in [5.74, 6) is -8.05. The Morgan fingerprint density at radius 3 is 1.83 bits per heavy atom. The average molecular weight is 186 g/mol. The topological polar surface area (TPSA) is 20.2 Å². The molecular weight excluding hydrogens is 183 g/mol. The van der Waals surface area contributed by atoms with Crippen LogP contribution in [0, 0.1) is 0 Å². The van der Waals surface area contributed by atoms with Gasteiger partial charge in [0.25, 0.3) is 0 Å². The molecule has 0 radical (unpaired) electrons. The summed E-state index contributed by atoms with van der Waals surface area (Å²) in [5.41, 5.74) is 0. The van der Waals surface area contributed by atoms with Gasteiger partial charge in [0, 0.05) is 0 Å². The van der Waals surface area contributed by atoms with Gasteiger partial charge in [-0.05, 0) is 0 Å². The van der Waals surface area contributed by atoms with E-state index in [1.807, 2.05) is 0 Å². The lowest BCUT2D eigenvalue weighted by molar-refractivity contribution is 0.150. The SMILES string of the molecule is OC1=C(F)C(F)C(F)C(F)=C1F. The Morgan fingerprint density at radius 2 is 1.33 bits per heavy atom. The highest BCUT2D eigenvalue weighted by Crippen LogP contribution is 2.35. The molecule has 0 aliphatic heterocycles. The van der Waals surface area contributed by atoms with E-state index in [2.05, 4.69) is 0 Å². The molecule has 2 unspecified atom stereocenters. The molecule has 1 aliphatic carbocycles. The first-order chi connectivity index (χ1) is 5.46. The van der Waals surface area contributed by atoms with Gasteiger partial charge < -0.3 is 5.11 Å². The highest BCUT2D eigenvalue weighted by atomic mass is 19.2. The Morgan fingerprint density at radius 1 is 0.917 bits per heavy atom. The van der Waals surface area contributed by atoms with E-state index in [1.165, 1.54) is 0 Å². The molecule has 0 amide bonds. The van der Waals surface area contributed by atoms with E-state index < -0.39 is 35.6 Å². The Labute approximate surface area is 63.8 Å². The zero-order chi connectivity index (χ0) is 9.46. The molecule has 68 valence electrons. The lowest BCUT2D eigenvalue weighted by atomic mass is 10.1. The number of halogens is 5. The fourth-order valence-electron chi connectivity index (χ4n) is 0.727. The van der Waals surface area contributed by atoms with Crippen LogP contribution in [0.5, 0.6) is 0 Å². The minimum Gasteiger partial charge on any atom is -0.503 e. The van der Waals surface area contributed by atoms with E-state index in [0.29, 0.717) is 0 Å². The molecule has 0 fully saturated rings. The van der Waals surface area contributed by atoms with Crippen LogP contribution in [0.4, 0.5) is 22.0 Å². The molecule has 0 saturated heterocycles. The van der Waals surface area contributed by atoms with Gasteiger partial charge >= 0.3 is 0 Å². The maximum atomic E-state index is 12.2. The third kappa shape index (κ3) is 1.07. The highest BCUT2D eigenvalue weighted by molar-refractivity contribution is 5.34. The molecule has 1 nitrogen and oxygen atoms in total. The van der Waals surface area contributed by atoms with E-state index in [1.54, 1.807) is 0 Å². The van der Waals surface area contributed by atoms with Crippen LogP contribution in [0.2, 0.25) is 0 Å². The van der Waals surface area contributed by atoms with Crippen molar-refractivity contribution in [3.63, 3.8) is 0 Å². The van der Waals surface area contributed by atoms with Crippen molar-refractivity contribution in [2.24, 2.45) is 0 Å². The summed E-state index contributed by atoms with van der Waals surface area (Å²) in [6.07, 6.45) is -5.98. The molecule has 12 heavy (non-hydrogen) atoms. The van der Waals surface area contributed by atoms with Crippen molar-refractivity contribution in [1.29, 1.82) is 0 Å². The fourth-order valence-corrected chi connectivity index (χ4v) is 0.727. The molecule has 1 rings (SSSR count). The maximum absolute atomic E-state index is 12.2. The first-order valence-electron chi connectivity index (χ1n) is 2.89. The van der Waals surface area contributed by atoms with Crippen LogP contribution in [-0.2, 0) is 0 Å². The number of hydrogen-bond donors (Lipinski definition) is 1. The van der Waals surface area contributed by atoms with E-state index in [-0.39, 0.29) is 0 Å². The maximum Gasteiger partial charge on any atom is 0.202 e. The number of alkyl halides is 2. The van der Waals surface area contributed by atoms with Crippen LogP contribution in [0.15, 0.2) is 23.2 Å². The third-order valence-electron chi connectivity index (χ3n) is 1.38. The summed E-state index contributed by atoms with van der Waals surface area (Å²) in [6, 6.07) is 0. The smallest absolute Gasteiger partial charge is 0.202 e. The molecule has 1 aliphatic rings. The van der Waals surface area contributed by atoms with Crippen LogP contribution >= 0.6 is 0 Å². The number of hydrogen-bond acceptors (Lipinski definition) is 1. The second kappa shape index (κ2) is 2.76. The summed E-state index contributed by atoms with van der Waals surface area (Å²) in [4.78, 5) is 0. The van der Waals surface area contributed by atoms with Crippen molar-refractivity contribution in [2.75, 3.05) is 0 Å². The molecule has 6 heteroatoms. The molecule has 0 heterocycles. The molecule has 1 N–H and O–H groups in total. The number of rotatable bonds is 0. The third-order valence-corrected chi connectivity index (χ3v) is 1.38. The van der Waals surface area contributed by atoms with Crippen LogP contribution in [0.25, 0.3) is 0 Å². The first-order valence-corrected chi connectivity index (χ1v) is 2.89. The summed E-state index contributed by atoms with van der Waals surface area (Å²) < 4.78 is 61.0. The van der Waals surface area contributed by atoms with Gasteiger partial charge in [0.05, 0.1) is 0 Å². The van der Waals surface area contributed by atoms with Crippen molar-refractivity contribution in [1.82, 2.24) is 0 Å². The highest BCUT2D eigenvalue weighted by Gasteiger charge is 2.40. The zero-order valence-electron chi connectivity index (χ0n) is 5.49. The van der Waals surface area contributed by atoms with Gasteiger partial charge in [-0.2, -0.15) is 4.39 Å². The second-order valence-electron chi connectivity index (χ2n) is 2.16. The summed E-state index contributed by atoms with van der Waals surface area (Å²) in [5, 5.41) is 8.33. The van der Waals surface area contributed by atoms with Crippen LogP contribution in [0.3, 0.4) is 0 Å². The Hall–Kier alpha value is -1.07. The minimum absolute atomic E-state index is 1.81. The van der Waals surface area contributed by atoms with Crippen molar-refractivity contribution in [3.05, 3.63) is 23.2 Å². The van der Waals surface area contributed by atoms with E-state index >= 15 is 0 Å². The standard InChI is InChI=1S/C6H3F5O/c7-1-2(8)4(10)6(12)5(11)3(1)9/h1-2,12H. The van der Waals surface area contributed by atoms with Crippen molar-refractivity contribution in [2.45, 2.75) is 12.3 Å². The zero-order valence-corrected chi connectivity index (χ0v) is 5.49. The Kier molecular flexibility index (Phi) is 2.08. The molecule has 2 atom stereocenters. The van der Waals surface area contributed by atoms with Crippen molar-refractivity contribution >= 4 is 0 Å². The van der Waals surface area contributed by atoms with Gasteiger partial charge in [-0.25, -0.2) is 17.6 Å². The quantitative estimate of drug-likeness (QED) is 0.576. The molecule has 0 saturated carbocycles. The molecule has 0 bridgehead atoms. The van der Waals surface area contributed by atoms with Gasteiger partial charge in [-0.15, -0.1) is 0 Å². The summed E-state index contributed by atoms with van der Waals surface area (Å²) in [6.45, 7) is 0. The first kappa shape index (κ1) is 9.02. The number of aliphatic hydroxyl groups is 1. The van der Waals surface area contributed by atoms with Crippen LogP contribution in [0.1, 0.15) is 0 Å². The summed E-state index contributed by atoms with van der Waals surface area (Å²) in [7, 11) is 0. The van der Waals surface area contributed by atoms with Crippen molar-refractivity contribution < 1.29 is 27.1 Å². The molecular formula is C6H3F5O. The number of aliphatic hydroxyl groups excluding tert-OH is 1. The van der Waals surface area contributed by atoms with E-state index in [4.69, 9.17) is 5.11 Å². The Balaban J connectivity index is 3.18. The largest absolute Gasteiger partial charge is 0.503 e. The summed E-state index contributed by atoms with van der Waals surface area (Å²) >= 11 is 0. The van der Waals surface area contributed by atoms with Gasteiger partial charge in [0.2, 0.25) is 5.83 Å². The predicted molar refractivity (Wildman–Crippen MR) is 29.8 cm³/mol. The Bertz CT molecular complexity index is 241. The predicted octanol–water partition coefficient (Wildman–Crippen LogP) is 2.57. The normalized spacial score (nSPS) is 31.4. The fraction of sp³-hybridized carbons (Fsp3) is 0.333. The van der Waals surface area contributed by atoms with E-state index in [9.17, 15) is 22.0 Å². The van der Waals surface area contributed by atoms with Crippen LogP contribution < -0.4 is 0 Å². The molecule has 0 aromatic heterocycles. The molecule has 0 spiro atoms. The van der Waals surface area contributed by atoms with Crippen LogP contribution in [-0.4, -0.2) is 17.4 Å². The van der Waals surface area contributed by atoms with Crippen molar-refractivity contribution in [3.8, 4) is 0 Å². The van der Waals surface area contributed by atoms with Gasteiger partial charge in [0.1, 0.15) is 0 Å². The molecule has 0 aromatic carbocycles. The minimum atomic E-state index is -3.01. The lowest BCUT2D eigenvalue weighted by Crippen LogP contribution is -2.24. The van der Waals surface area contributed by atoms with Gasteiger partial charge in [0.15, 0.2) is 29.8 Å². The van der Waals surface area contributed by atoms with Gasteiger partial charge in [-0.1, -0.05) is 0 Å². The van der Waals surface area contributed by atoms with E-state index in [0.717, 1.165) is 0 Å². The molecule has 0 aromatic rings.